The van der Waals surface area contributed by atoms with E-state index in [1.165, 1.54) is 31.6 Å². The maximum Gasteiger partial charge on any atom is 0.0265 e. The molecular weight excluding hydrogens is 184 g/mol. The molecule has 2 fully saturated rings. The van der Waals surface area contributed by atoms with Crippen molar-refractivity contribution in [3.63, 3.8) is 0 Å². The summed E-state index contributed by atoms with van der Waals surface area (Å²) in [5.41, 5.74) is 1.45. The second-order valence-corrected chi connectivity index (χ2v) is 4.74. The lowest BCUT2D eigenvalue weighted by Gasteiger charge is -2.51. The number of benzene rings is 1. The molecule has 0 radical (unpaired) electrons. The first kappa shape index (κ1) is 9.37. The summed E-state index contributed by atoms with van der Waals surface area (Å²) in [6.45, 7) is 4.85. The standard InChI is InChI=1S/C13H18N2/c1-2-4-11(5-3-1)9-15-10-12-6-7-14-8-13(12)15/h1-5,12-14H,6-10H2/t12-,13-/m1/s1. The quantitative estimate of drug-likeness (QED) is 0.781. The van der Waals surface area contributed by atoms with Crippen LogP contribution in [0.4, 0.5) is 0 Å². The lowest BCUT2D eigenvalue weighted by atomic mass is 9.83. The van der Waals surface area contributed by atoms with Crippen molar-refractivity contribution in [3.8, 4) is 0 Å². The number of hydrogen-bond donors (Lipinski definition) is 1. The Labute approximate surface area is 91.3 Å². The number of hydrogen-bond acceptors (Lipinski definition) is 2. The van der Waals surface area contributed by atoms with Gasteiger partial charge in [0.15, 0.2) is 0 Å². The van der Waals surface area contributed by atoms with Crippen molar-refractivity contribution in [2.24, 2.45) is 5.92 Å². The van der Waals surface area contributed by atoms with E-state index in [0.29, 0.717) is 0 Å². The van der Waals surface area contributed by atoms with E-state index in [1.54, 1.807) is 0 Å². The van der Waals surface area contributed by atoms with E-state index in [2.05, 4.69) is 40.5 Å². The summed E-state index contributed by atoms with van der Waals surface area (Å²) < 4.78 is 0. The topological polar surface area (TPSA) is 15.3 Å². The third-order valence-electron chi connectivity index (χ3n) is 3.76. The van der Waals surface area contributed by atoms with Crippen LogP contribution in [0.3, 0.4) is 0 Å². The zero-order valence-corrected chi connectivity index (χ0v) is 9.02. The molecule has 0 bridgehead atoms. The van der Waals surface area contributed by atoms with Crippen molar-refractivity contribution >= 4 is 0 Å². The third-order valence-corrected chi connectivity index (χ3v) is 3.76. The Morgan fingerprint density at radius 3 is 2.93 bits per heavy atom. The van der Waals surface area contributed by atoms with Crippen LogP contribution in [0.15, 0.2) is 30.3 Å². The van der Waals surface area contributed by atoms with Gasteiger partial charge in [-0.05, 0) is 24.4 Å². The minimum absolute atomic E-state index is 0.805. The van der Waals surface area contributed by atoms with Crippen LogP contribution in [0.2, 0.25) is 0 Å². The largest absolute Gasteiger partial charge is 0.315 e. The Bertz CT molecular complexity index is 323. The van der Waals surface area contributed by atoms with Crippen molar-refractivity contribution in [3.05, 3.63) is 35.9 Å². The Hall–Kier alpha value is -0.860. The van der Waals surface area contributed by atoms with Gasteiger partial charge < -0.3 is 5.32 Å². The summed E-state index contributed by atoms with van der Waals surface area (Å²) in [5.74, 6) is 0.968. The Balaban J connectivity index is 1.61. The molecule has 2 atom stereocenters. The molecule has 2 aliphatic rings. The molecule has 1 aromatic carbocycles. The Kier molecular flexibility index (Phi) is 2.47. The van der Waals surface area contributed by atoms with Gasteiger partial charge in [-0.25, -0.2) is 0 Å². The van der Waals surface area contributed by atoms with E-state index in [9.17, 15) is 0 Å². The van der Waals surface area contributed by atoms with Gasteiger partial charge in [0.25, 0.3) is 0 Å². The fraction of sp³-hybridized carbons (Fsp3) is 0.538. The molecule has 0 saturated carbocycles. The zero-order valence-electron chi connectivity index (χ0n) is 9.02. The SMILES string of the molecule is c1ccc(CN2C[C@H]3CCNC[C@H]32)cc1. The molecule has 0 unspecified atom stereocenters. The number of piperidine rings is 1. The molecular formula is C13H18N2. The van der Waals surface area contributed by atoms with E-state index in [1.807, 2.05) is 0 Å². The summed E-state index contributed by atoms with van der Waals surface area (Å²) >= 11 is 0. The maximum absolute atomic E-state index is 3.49. The monoisotopic (exact) mass is 202 g/mol. The van der Waals surface area contributed by atoms with Crippen LogP contribution < -0.4 is 5.32 Å². The molecule has 0 aromatic heterocycles. The van der Waals surface area contributed by atoms with Gasteiger partial charge in [-0.1, -0.05) is 30.3 Å². The van der Waals surface area contributed by atoms with Gasteiger partial charge in [-0.15, -0.1) is 0 Å². The van der Waals surface area contributed by atoms with Crippen molar-refractivity contribution < 1.29 is 0 Å². The normalized spacial score (nSPS) is 30.7. The van der Waals surface area contributed by atoms with Crippen molar-refractivity contribution in [1.29, 1.82) is 0 Å². The van der Waals surface area contributed by atoms with Crippen LogP contribution >= 0.6 is 0 Å². The van der Waals surface area contributed by atoms with Crippen LogP contribution in [-0.2, 0) is 6.54 Å². The molecule has 1 aromatic rings. The van der Waals surface area contributed by atoms with Gasteiger partial charge in [-0.3, -0.25) is 4.90 Å². The van der Waals surface area contributed by atoms with E-state index in [-0.39, 0.29) is 0 Å². The molecule has 2 aliphatic heterocycles. The molecule has 1 N–H and O–H groups in total. The second-order valence-electron chi connectivity index (χ2n) is 4.74. The minimum atomic E-state index is 0.805. The lowest BCUT2D eigenvalue weighted by Crippen LogP contribution is -2.62. The highest BCUT2D eigenvalue weighted by Crippen LogP contribution is 2.30. The predicted molar refractivity (Wildman–Crippen MR) is 61.6 cm³/mol. The number of fused-ring (bicyclic) bond motifs is 1. The number of likely N-dealkylation sites (tertiary alicyclic amines) is 1. The predicted octanol–water partition coefficient (Wildman–Crippen LogP) is 1.48. The summed E-state index contributed by atoms with van der Waals surface area (Å²) in [6, 6.07) is 11.6. The van der Waals surface area contributed by atoms with Crippen LogP contribution in [-0.4, -0.2) is 30.6 Å². The van der Waals surface area contributed by atoms with Gasteiger partial charge in [0.2, 0.25) is 0 Å². The molecule has 15 heavy (non-hydrogen) atoms. The summed E-state index contributed by atoms with van der Waals surface area (Å²) in [6.07, 6.45) is 1.37. The van der Waals surface area contributed by atoms with Crippen LogP contribution in [0.1, 0.15) is 12.0 Å². The number of nitrogens with one attached hydrogen (secondary N) is 1. The summed E-state index contributed by atoms with van der Waals surface area (Å²) in [7, 11) is 0. The average molecular weight is 202 g/mol. The van der Waals surface area contributed by atoms with Crippen molar-refractivity contribution in [1.82, 2.24) is 10.2 Å². The van der Waals surface area contributed by atoms with Crippen LogP contribution in [0.5, 0.6) is 0 Å². The van der Waals surface area contributed by atoms with E-state index < -0.39 is 0 Å². The first-order valence-electron chi connectivity index (χ1n) is 5.92. The van der Waals surface area contributed by atoms with E-state index >= 15 is 0 Å². The summed E-state index contributed by atoms with van der Waals surface area (Å²) in [4.78, 5) is 2.60. The highest BCUT2D eigenvalue weighted by molar-refractivity contribution is 5.15. The first-order chi connectivity index (χ1) is 7.43. The van der Waals surface area contributed by atoms with Gasteiger partial charge in [0.05, 0.1) is 0 Å². The molecule has 2 nitrogen and oxygen atoms in total. The van der Waals surface area contributed by atoms with E-state index in [0.717, 1.165) is 18.5 Å². The molecule has 2 heterocycles. The molecule has 0 spiro atoms. The molecule has 2 saturated heterocycles. The molecule has 0 amide bonds. The van der Waals surface area contributed by atoms with E-state index in [4.69, 9.17) is 0 Å². The first-order valence-corrected chi connectivity index (χ1v) is 5.92. The fourth-order valence-corrected chi connectivity index (χ4v) is 2.84. The maximum atomic E-state index is 3.49. The lowest BCUT2D eigenvalue weighted by molar-refractivity contribution is -0.0114. The Morgan fingerprint density at radius 1 is 1.27 bits per heavy atom. The molecule has 0 aliphatic carbocycles. The number of nitrogens with zero attached hydrogens (tertiary/aromatic N) is 1. The van der Waals surface area contributed by atoms with Crippen molar-refractivity contribution in [2.45, 2.75) is 19.0 Å². The molecule has 2 heteroatoms. The Morgan fingerprint density at radius 2 is 2.13 bits per heavy atom. The zero-order chi connectivity index (χ0) is 10.1. The van der Waals surface area contributed by atoms with Gasteiger partial charge in [0, 0.05) is 25.7 Å². The van der Waals surface area contributed by atoms with Gasteiger partial charge >= 0.3 is 0 Å². The van der Waals surface area contributed by atoms with Gasteiger partial charge in [-0.2, -0.15) is 0 Å². The highest BCUT2D eigenvalue weighted by atomic mass is 15.3. The fourth-order valence-electron chi connectivity index (χ4n) is 2.84. The smallest absolute Gasteiger partial charge is 0.0265 e. The molecule has 80 valence electrons. The minimum Gasteiger partial charge on any atom is -0.315 e. The molecule has 3 rings (SSSR count). The van der Waals surface area contributed by atoms with Gasteiger partial charge in [0.1, 0.15) is 0 Å². The highest BCUT2D eigenvalue weighted by Gasteiger charge is 2.39. The van der Waals surface area contributed by atoms with Crippen LogP contribution in [0, 0.1) is 5.92 Å². The summed E-state index contributed by atoms with van der Waals surface area (Å²) in [5, 5.41) is 3.49. The van der Waals surface area contributed by atoms with Crippen LogP contribution in [0.25, 0.3) is 0 Å². The van der Waals surface area contributed by atoms with Crippen molar-refractivity contribution in [2.75, 3.05) is 19.6 Å². The average Bonchev–Trinajstić information content (AvgIpc) is 2.27. The third kappa shape index (κ3) is 1.80. The number of rotatable bonds is 2. The second kappa shape index (κ2) is 3.95.